The second-order valence-electron chi connectivity index (χ2n) is 14.5. The van der Waals surface area contributed by atoms with E-state index in [0.29, 0.717) is 52.2 Å². The second kappa shape index (κ2) is 17.8. The van der Waals surface area contributed by atoms with E-state index in [1.807, 2.05) is 60.9 Å². The van der Waals surface area contributed by atoms with Crippen molar-refractivity contribution in [2.75, 3.05) is 80.4 Å². The van der Waals surface area contributed by atoms with Crippen LogP contribution in [0.3, 0.4) is 0 Å². The number of pyridine rings is 1. The van der Waals surface area contributed by atoms with Gasteiger partial charge in [0.05, 0.1) is 18.4 Å². The van der Waals surface area contributed by atoms with Crippen LogP contribution in [-0.4, -0.2) is 86.4 Å². The Morgan fingerprint density at radius 1 is 0.836 bits per heavy atom. The smallest absolute Gasteiger partial charge is 0.323 e. The number of aromatic nitrogens is 1. The Bertz CT molecular complexity index is 2130. The molecule has 0 aliphatic carbocycles. The van der Waals surface area contributed by atoms with Crippen LogP contribution in [0.5, 0.6) is 17.2 Å². The fraction of sp³-hybridized carbons (Fsp3) is 0.310. The zero-order valence-corrected chi connectivity index (χ0v) is 33.1. The minimum atomic E-state index is -0.351. The topological polar surface area (TPSA) is 132 Å². The van der Waals surface area contributed by atoms with Crippen LogP contribution in [0.15, 0.2) is 91.1 Å². The Balaban J connectivity index is 1.11. The molecule has 1 fully saturated rings. The number of nitrogens with zero attached hydrogens (tertiary/aromatic N) is 3. The summed E-state index contributed by atoms with van der Waals surface area (Å²) in [5.41, 5.74) is 4.44. The van der Waals surface area contributed by atoms with Crippen molar-refractivity contribution in [2.45, 2.75) is 26.2 Å². The molecule has 55 heavy (non-hydrogen) atoms. The first-order valence-corrected chi connectivity index (χ1v) is 19.5. The highest BCUT2D eigenvalue weighted by atomic mass is 32.2. The summed E-state index contributed by atoms with van der Waals surface area (Å²) in [5.74, 6) is 2.02. The molecular formula is C42H50N8O4S. The quantitative estimate of drug-likeness (QED) is 0.0746. The van der Waals surface area contributed by atoms with E-state index in [9.17, 15) is 9.59 Å². The number of amides is 3. The second-order valence-corrected chi connectivity index (χ2v) is 15.1. The Morgan fingerprint density at radius 2 is 1.60 bits per heavy atom. The third-order valence-corrected chi connectivity index (χ3v) is 9.84. The van der Waals surface area contributed by atoms with Gasteiger partial charge in [0.15, 0.2) is 0 Å². The van der Waals surface area contributed by atoms with Crippen LogP contribution in [0.25, 0.3) is 10.8 Å². The molecule has 1 aliphatic heterocycles. The molecule has 0 radical (unpaired) electrons. The molecule has 4 aromatic carbocycles. The van der Waals surface area contributed by atoms with Crippen LogP contribution in [0.1, 0.15) is 36.7 Å². The van der Waals surface area contributed by atoms with Crippen molar-refractivity contribution in [1.82, 2.24) is 20.1 Å². The molecule has 0 saturated carbocycles. The SMILES string of the molecule is COc1cc(Nc2cc(Oc3ccc(NC(=O)Nc4cc(NSC)cc(C(C)(C)C)c4)c4ccccc34)ccn2)ccc1C(=O)NCCN1CCN(C)CC1. The van der Waals surface area contributed by atoms with Crippen LogP contribution in [0.2, 0.25) is 0 Å². The highest BCUT2D eigenvalue weighted by Gasteiger charge is 2.19. The lowest BCUT2D eigenvalue weighted by molar-refractivity contribution is 0.0938. The van der Waals surface area contributed by atoms with Gasteiger partial charge in [-0.3, -0.25) is 9.69 Å². The number of methoxy groups -OCH3 is 1. The van der Waals surface area contributed by atoms with Crippen LogP contribution in [-0.2, 0) is 5.41 Å². The number of benzene rings is 4. The minimum absolute atomic E-state index is 0.0936. The zero-order valence-electron chi connectivity index (χ0n) is 32.3. The number of rotatable bonds is 13. The van der Waals surface area contributed by atoms with Crippen LogP contribution in [0, 0.1) is 0 Å². The van der Waals surface area contributed by atoms with Gasteiger partial charge in [-0.25, -0.2) is 9.78 Å². The summed E-state index contributed by atoms with van der Waals surface area (Å²) in [6.45, 7) is 11.9. The van der Waals surface area contributed by atoms with Crippen molar-refractivity contribution < 1.29 is 19.1 Å². The number of hydrogen-bond donors (Lipinski definition) is 5. The Kier molecular flexibility index (Phi) is 12.7. The van der Waals surface area contributed by atoms with Gasteiger partial charge in [-0.2, -0.15) is 0 Å². The van der Waals surface area contributed by atoms with Gasteiger partial charge in [-0.05, 0) is 66.6 Å². The third kappa shape index (κ3) is 10.4. The molecule has 0 spiro atoms. The third-order valence-electron chi connectivity index (χ3n) is 9.40. The van der Waals surface area contributed by atoms with Gasteiger partial charge in [0, 0.05) is 91.7 Å². The summed E-state index contributed by atoms with van der Waals surface area (Å²) in [6, 6.07) is 26.0. The van der Waals surface area contributed by atoms with E-state index in [4.69, 9.17) is 9.47 Å². The Morgan fingerprint density at radius 3 is 2.35 bits per heavy atom. The molecule has 288 valence electrons. The van der Waals surface area contributed by atoms with Gasteiger partial charge in [0.25, 0.3) is 5.91 Å². The first-order chi connectivity index (χ1) is 26.5. The van der Waals surface area contributed by atoms with Crippen LogP contribution >= 0.6 is 11.9 Å². The number of likely N-dealkylation sites (N-methyl/N-ethyl adjacent to an activating group) is 1. The first kappa shape index (κ1) is 39.2. The number of piperazine rings is 1. The van der Waals surface area contributed by atoms with Gasteiger partial charge in [-0.15, -0.1) is 0 Å². The zero-order chi connectivity index (χ0) is 39.0. The summed E-state index contributed by atoms with van der Waals surface area (Å²) in [7, 11) is 3.68. The molecule has 2 heterocycles. The number of anilines is 5. The molecule has 0 atom stereocenters. The number of carbonyl (C=O) groups is 2. The average Bonchev–Trinajstić information content (AvgIpc) is 3.16. The van der Waals surface area contributed by atoms with E-state index < -0.39 is 0 Å². The maximum Gasteiger partial charge on any atom is 0.323 e. The number of fused-ring (bicyclic) bond motifs is 1. The van der Waals surface area contributed by atoms with E-state index in [1.165, 1.54) is 11.9 Å². The summed E-state index contributed by atoms with van der Waals surface area (Å²) in [5, 5.41) is 14.0. The lowest BCUT2D eigenvalue weighted by Gasteiger charge is -2.32. The van der Waals surface area contributed by atoms with Gasteiger partial charge in [-0.1, -0.05) is 57.0 Å². The van der Waals surface area contributed by atoms with E-state index in [-0.39, 0.29) is 17.4 Å². The number of nitrogens with one attached hydrogen (secondary N) is 5. The molecule has 6 rings (SSSR count). The number of carbonyl (C=O) groups excluding carboxylic acids is 2. The Hall–Kier alpha value is -5.50. The molecule has 5 N–H and O–H groups in total. The summed E-state index contributed by atoms with van der Waals surface area (Å²) < 4.78 is 15.3. The van der Waals surface area contributed by atoms with Crippen molar-refractivity contribution in [2.24, 2.45) is 0 Å². The van der Waals surface area contributed by atoms with E-state index >= 15 is 0 Å². The number of urea groups is 1. The number of hydrogen-bond acceptors (Lipinski definition) is 10. The molecule has 1 saturated heterocycles. The Labute approximate surface area is 327 Å². The van der Waals surface area contributed by atoms with Crippen molar-refractivity contribution in [3.8, 4) is 17.2 Å². The van der Waals surface area contributed by atoms with Crippen LogP contribution in [0.4, 0.5) is 33.4 Å². The van der Waals surface area contributed by atoms with Crippen LogP contribution < -0.4 is 35.5 Å². The fourth-order valence-corrected chi connectivity index (χ4v) is 6.69. The molecule has 1 aromatic heterocycles. The van der Waals surface area contributed by atoms with Gasteiger partial charge < -0.3 is 40.4 Å². The summed E-state index contributed by atoms with van der Waals surface area (Å²) in [4.78, 5) is 35.5. The van der Waals surface area contributed by atoms with E-state index in [1.54, 1.807) is 37.6 Å². The normalized spacial score (nSPS) is 13.6. The first-order valence-electron chi connectivity index (χ1n) is 18.3. The molecule has 3 amide bonds. The standard InChI is InChI=1S/C42H50N8O4S/c1-42(2,3)28-23-30(25-31(24-28)48-55-6)46-41(52)47-36-13-14-37(34-10-8-7-9-33(34)36)54-32-15-16-43-39(27-32)45-29-11-12-35(38(26-29)53-5)40(51)44-17-18-50-21-19-49(4)20-22-50/h7-16,23-27,48H,17-22H2,1-6H3,(H,43,45)(H,44,51)(H2,46,47,52). The highest BCUT2D eigenvalue weighted by Crippen LogP contribution is 2.36. The maximum atomic E-state index is 13.3. The number of ether oxygens (including phenoxy) is 2. The van der Waals surface area contributed by atoms with Crippen molar-refractivity contribution in [3.63, 3.8) is 0 Å². The molecular weight excluding hydrogens is 713 g/mol. The lowest BCUT2D eigenvalue weighted by atomic mass is 9.86. The summed E-state index contributed by atoms with van der Waals surface area (Å²) >= 11 is 1.50. The molecule has 0 unspecified atom stereocenters. The molecule has 1 aliphatic rings. The highest BCUT2D eigenvalue weighted by molar-refractivity contribution is 7.99. The van der Waals surface area contributed by atoms with Gasteiger partial charge in [0.1, 0.15) is 23.1 Å². The summed E-state index contributed by atoms with van der Waals surface area (Å²) in [6.07, 6.45) is 3.62. The van der Waals surface area contributed by atoms with Gasteiger partial charge >= 0.3 is 6.03 Å². The predicted molar refractivity (Wildman–Crippen MR) is 226 cm³/mol. The minimum Gasteiger partial charge on any atom is -0.496 e. The molecule has 0 bridgehead atoms. The lowest BCUT2D eigenvalue weighted by Crippen LogP contribution is -2.46. The largest absolute Gasteiger partial charge is 0.496 e. The van der Waals surface area contributed by atoms with Crippen molar-refractivity contribution >= 4 is 63.2 Å². The van der Waals surface area contributed by atoms with E-state index in [0.717, 1.165) is 54.7 Å². The molecule has 5 aromatic rings. The van der Waals surface area contributed by atoms with Crippen molar-refractivity contribution in [1.29, 1.82) is 0 Å². The van der Waals surface area contributed by atoms with E-state index in [2.05, 4.69) is 74.7 Å². The maximum absolute atomic E-state index is 13.3. The fourth-order valence-electron chi connectivity index (χ4n) is 6.33. The van der Waals surface area contributed by atoms with Gasteiger partial charge in [0.2, 0.25) is 0 Å². The average molecular weight is 763 g/mol. The van der Waals surface area contributed by atoms with Crippen molar-refractivity contribution in [3.05, 3.63) is 102 Å². The predicted octanol–water partition coefficient (Wildman–Crippen LogP) is 8.39. The molecule has 12 nitrogen and oxygen atoms in total. The molecule has 13 heteroatoms. The monoisotopic (exact) mass is 762 g/mol.